The summed E-state index contributed by atoms with van der Waals surface area (Å²) >= 11 is 0. The minimum Gasteiger partial charge on any atom is -0.354 e. The average Bonchev–Trinajstić information content (AvgIpc) is 3.41. The summed E-state index contributed by atoms with van der Waals surface area (Å²) in [5.41, 5.74) is 6.56. The molecule has 7 nitrogen and oxygen atoms in total. The third-order valence-electron chi connectivity index (χ3n) is 6.41. The van der Waals surface area contributed by atoms with E-state index in [1.807, 2.05) is 24.1 Å². The Morgan fingerprint density at radius 1 is 0.967 bits per heavy atom. The maximum absolute atomic E-state index is 4.82. The molecular formula is C23H25N7. The fraction of sp³-hybridized carbons (Fsp3) is 0.391. The molecular weight excluding hydrogens is 374 g/mol. The second-order valence-electron chi connectivity index (χ2n) is 8.46. The predicted octanol–water partition coefficient (Wildman–Crippen LogP) is 2.51. The number of hydrogen-bond donors (Lipinski definition) is 0. The lowest BCUT2D eigenvalue weighted by molar-refractivity contribution is 0.247. The summed E-state index contributed by atoms with van der Waals surface area (Å²) in [7, 11) is 1.94. The molecule has 0 atom stereocenters. The van der Waals surface area contributed by atoms with E-state index < -0.39 is 0 Å². The summed E-state index contributed by atoms with van der Waals surface area (Å²) in [6.45, 7) is 5.02. The first-order valence-electron chi connectivity index (χ1n) is 10.7. The highest BCUT2D eigenvalue weighted by Crippen LogP contribution is 2.30. The van der Waals surface area contributed by atoms with Crippen LogP contribution in [0.4, 0.5) is 5.82 Å². The van der Waals surface area contributed by atoms with Crippen molar-refractivity contribution in [1.82, 2.24) is 24.6 Å². The highest BCUT2D eigenvalue weighted by Gasteiger charge is 2.31. The molecule has 1 aliphatic carbocycles. The summed E-state index contributed by atoms with van der Waals surface area (Å²) in [4.78, 5) is 19.0. The van der Waals surface area contributed by atoms with Gasteiger partial charge in [-0.2, -0.15) is 5.10 Å². The van der Waals surface area contributed by atoms with Gasteiger partial charge >= 0.3 is 0 Å². The molecule has 30 heavy (non-hydrogen) atoms. The van der Waals surface area contributed by atoms with Crippen LogP contribution in [0, 0.1) is 0 Å². The first-order valence-corrected chi connectivity index (χ1v) is 10.7. The van der Waals surface area contributed by atoms with Crippen molar-refractivity contribution in [2.45, 2.75) is 25.4 Å². The molecule has 7 heteroatoms. The molecule has 1 saturated carbocycles. The quantitative estimate of drug-likeness (QED) is 0.675. The minimum atomic E-state index is 0.706. The van der Waals surface area contributed by atoms with Crippen LogP contribution in [0.1, 0.15) is 29.7 Å². The molecule has 1 saturated heterocycles. The van der Waals surface area contributed by atoms with Gasteiger partial charge in [-0.1, -0.05) is 12.1 Å². The van der Waals surface area contributed by atoms with Crippen LogP contribution in [0.5, 0.6) is 0 Å². The van der Waals surface area contributed by atoms with Crippen LogP contribution in [0.3, 0.4) is 0 Å². The maximum atomic E-state index is 4.82. The van der Waals surface area contributed by atoms with E-state index in [0.29, 0.717) is 6.54 Å². The summed E-state index contributed by atoms with van der Waals surface area (Å²) in [5.74, 6) is 1.01. The Labute approximate surface area is 176 Å². The third kappa shape index (κ3) is 3.19. The second kappa shape index (κ2) is 7.02. The zero-order chi connectivity index (χ0) is 20.1. The van der Waals surface area contributed by atoms with Crippen LogP contribution in [0.2, 0.25) is 0 Å². The van der Waals surface area contributed by atoms with E-state index in [1.165, 1.54) is 24.0 Å². The van der Waals surface area contributed by atoms with Crippen LogP contribution >= 0.6 is 0 Å². The molecule has 0 bridgehead atoms. The van der Waals surface area contributed by atoms with Crippen LogP contribution in [-0.2, 0) is 13.6 Å². The molecule has 3 aromatic rings. The zero-order valence-corrected chi connectivity index (χ0v) is 17.2. The van der Waals surface area contributed by atoms with Gasteiger partial charge in [0, 0.05) is 62.7 Å². The minimum absolute atomic E-state index is 0.706. The van der Waals surface area contributed by atoms with E-state index in [0.717, 1.165) is 60.6 Å². The molecule has 2 fully saturated rings. The van der Waals surface area contributed by atoms with Gasteiger partial charge in [-0.25, -0.2) is 9.97 Å². The fourth-order valence-corrected chi connectivity index (χ4v) is 4.56. The largest absolute Gasteiger partial charge is 0.354 e. The molecule has 3 aliphatic rings. The number of aryl methyl sites for hydroxylation is 1. The lowest BCUT2D eigenvalue weighted by Crippen LogP contribution is -2.47. The first kappa shape index (κ1) is 17.8. The van der Waals surface area contributed by atoms with Crippen molar-refractivity contribution in [3.63, 3.8) is 0 Å². The molecule has 4 heterocycles. The zero-order valence-electron chi connectivity index (χ0n) is 17.2. The molecule has 2 aliphatic heterocycles. The first-order chi connectivity index (χ1) is 14.7. The molecule has 0 amide bonds. The third-order valence-corrected chi connectivity index (χ3v) is 6.41. The number of fused-ring (bicyclic) bond motifs is 1. The van der Waals surface area contributed by atoms with Crippen LogP contribution in [0.25, 0.3) is 11.1 Å². The number of hydrogen-bond acceptors (Lipinski definition) is 6. The van der Waals surface area contributed by atoms with E-state index in [4.69, 9.17) is 4.99 Å². The molecule has 1 aromatic carbocycles. The number of aliphatic imine (C=N–C) groups is 1. The fourth-order valence-electron chi connectivity index (χ4n) is 4.56. The second-order valence-corrected chi connectivity index (χ2v) is 8.46. The molecule has 152 valence electrons. The summed E-state index contributed by atoms with van der Waals surface area (Å²) in [5, 5.41) is 4.30. The average molecular weight is 400 g/mol. The van der Waals surface area contributed by atoms with Crippen molar-refractivity contribution >= 4 is 11.5 Å². The molecule has 0 N–H and O–H groups in total. The van der Waals surface area contributed by atoms with Crippen LogP contribution in [-0.4, -0.2) is 62.6 Å². The summed E-state index contributed by atoms with van der Waals surface area (Å²) in [6.07, 6.45) is 8.37. The Balaban J connectivity index is 1.27. The number of benzene rings is 1. The lowest BCUT2D eigenvalue weighted by Gasteiger charge is -2.35. The smallest absolute Gasteiger partial charge is 0.132 e. The molecule has 0 spiro atoms. The summed E-state index contributed by atoms with van der Waals surface area (Å²) in [6, 6.07) is 9.49. The lowest BCUT2D eigenvalue weighted by atomic mass is 9.98. The van der Waals surface area contributed by atoms with Gasteiger partial charge in [0.1, 0.15) is 12.1 Å². The standard InChI is InChI=1S/C23H25N7/c1-28-14-18(13-27-28)16-2-3-17-12-24-23(20(17)10-16)21-11-22(26-15-25-21)30-8-6-29(7-9-30)19-4-5-19/h2-3,10-11,13-15,19H,4-9,12H2,1H3. The highest BCUT2D eigenvalue weighted by molar-refractivity contribution is 6.14. The highest BCUT2D eigenvalue weighted by atomic mass is 15.3. The van der Waals surface area contributed by atoms with E-state index in [-0.39, 0.29) is 0 Å². The van der Waals surface area contributed by atoms with Crippen molar-refractivity contribution in [2.75, 3.05) is 31.1 Å². The normalized spacial score (nSPS) is 19.1. The van der Waals surface area contributed by atoms with Crippen LogP contribution < -0.4 is 4.90 Å². The van der Waals surface area contributed by atoms with E-state index in [1.54, 1.807) is 6.33 Å². The molecule has 2 aromatic heterocycles. The van der Waals surface area contributed by atoms with E-state index in [2.05, 4.69) is 49.1 Å². The Kier molecular flexibility index (Phi) is 4.16. The van der Waals surface area contributed by atoms with Gasteiger partial charge in [0.15, 0.2) is 0 Å². The number of piperazine rings is 1. The van der Waals surface area contributed by atoms with Crippen molar-refractivity contribution in [2.24, 2.45) is 12.0 Å². The van der Waals surface area contributed by atoms with Gasteiger partial charge in [-0.3, -0.25) is 14.6 Å². The number of rotatable bonds is 4. The van der Waals surface area contributed by atoms with Crippen molar-refractivity contribution in [1.29, 1.82) is 0 Å². The maximum Gasteiger partial charge on any atom is 0.132 e. The van der Waals surface area contributed by atoms with E-state index >= 15 is 0 Å². The van der Waals surface area contributed by atoms with Gasteiger partial charge in [0.2, 0.25) is 0 Å². The van der Waals surface area contributed by atoms with Crippen LogP contribution in [0.15, 0.2) is 48.0 Å². The van der Waals surface area contributed by atoms with Crippen molar-refractivity contribution < 1.29 is 0 Å². The van der Waals surface area contributed by atoms with Crippen molar-refractivity contribution in [3.05, 3.63) is 59.8 Å². The predicted molar refractivity (Wildman–Crippen MR) is 117 cm³/mol. The number of nitrogens with zero attached hydrogens (tertiary/aromatic N) is 7. The Hall–Kier alpha value is -3.06. The molecule has 0 unspecified atom stereocenters. The Bertz CT molecular complexity index is 1120. The molecule has 6 rings (SSSR count). The Morgan fingerprint density at radius 3 is 2.60 bits per heavy atom. The number of anilines is 1. The van der Waals surface area contributed by atoms with Gasteiger partial charge in [-0.05, 0) is 30.0 Å². The van der Waals surface area contributed by atoms with Gasteiger partial charge in [-0.15, -0.1) is 0 Å². The number of aromatic nitrogens is 4. The van der Waals surface area contributed by atoms with Gasteiger partial charge in [0.25, 0.3) is 0 Å². The topological polar surface area (TPSA) is 62.4 Å². The Morgan fingerprint density at radius 2 is 1.83 bits per heavy atom. The SMILES string of the molecule is Cn1cc(-c2ccc3c(c2)C(c2cc(N4CCN(C5CC5)CC4)ncn2)=NC3)cn1. The van der Waals surface area contributed by atoms with Gasteiger partial charge < -0.3 is 4.90 Å². The van der Waals surface area contributed by atoms with E-state index in [9.17, 15) is 0 Å². The van der Waals surface area contributed by atoms with Crippen molar-refractivity contribution in [3.8, 4) is 11.1 Å². The van der Waals surface area contributed by atoms with Gasteiger partial charge in [0.05, 0.1) is 24.1 Å². The summed E-state index contributed by atoms with van der Waals surface area (Å²) < 4.78 is 1.83. The monoisotopic (exact) mass is 399 g/mol. The molecule has 0 radical (unpaired) electrons.